The van der Waals surface area contributed by atoms with Crippen LogP contribution in [-0.4, -0.2) is 54.6 Å². The summed E-state index contributed by atoms with van der Waals surface area (Å²) in [7, 11) is -3.20. The van der Waals surface area contributed by atoms with Crippen LogP contribution in [0.1, 0.15) is 25.3 Å². The monoisotopic (exact) mass is 342 g/mol. The van der Waals surface area contributed by atoms with Gasteiger partial charge in [0.2, 0.25) is 10.0 Å². The van der Waals surface area contributed by atoms with Crippen molar-refractivity contribution in [3.63, 3.8) is 0 Å². The summed E-state index contributed by atoms with van der Waals surface area (Å²) in [5, 5.41) is 10.8. The number of aromatic nitrogens is 1. The predicted molar refractivity (Wildman–Crippen MR) is 88.1 cm³/mol. The second kappa shape index (κ2) is 6.79. The molecule has 0 N–H and O–H groups in total. The largest absolute Gasteiger partial charge is 0.356 e. The number of sulfonamides is 1. The van der Waals surface area contributed by atoms with Gasteiger partial charge < -0.3 is 4.90 Å². The zero-order chi connectivity index (χ0) is 17.2. The minimum atomic E-state index is -3.20. The van der Waals surface area contributed by atoms with Crippen LogP contribution >= 0.6 is 0 Å². The topological polar surface area (TPSA) is 96.7 Å². The number of nitrogens with zero attached hydrogens (tertiary/aromatic N) is 4. The molecule has 8 nitrogen and oxygen atoms in total. The van der Waals surface area contributed by atoms with E-state index in [1.54, 1.807) is 11.2 Å². The van der Waals surface area contributed by atoms with Crippen molar-refractivity contribution in [2.45, 2.75) is 32.7 Å². The molecule has 0 atom stereocenters. The highest BCUT2D eigenvalue weighted by molar-refractivity contribution is 7.88. The molecule has 9 heteroatoms. The minimum absolute atomic E-state index is 0.00426. The summed E-state index contributed by atoms with van der Waals surface area (Å²) in [6, 6.07) is 1.52. The van der Waals surface area contributed by atoms with E-state index in [2.05, 4.69) is 9.88 Å². The number of pyridine rings is 1. The highest BCUT2D eigenvalue weighted by Crippen LogP contribution is 2.26. The number of rotatable bonds is 5. The van der Waals surface area contributed by atoms with E-state index in [-0.39, 0.29) is 11.7 Å². The van der Waals surface area contributed by atoms with Crippen LogP contribution in [0, 0.1) is 17.0 Å². The van der Waals surface area contributed by atoms with Gasteiger partial charge in [-0.1, -0.05) is 6.92 Å². The first-order chi connectivity index (χ1) is 10.7. The Balaban J connectivity index is 2.09. The molecule has 0 saturated carbocycles. The van der Waals surface area contributed by atoms with E-state index in [0.717, 1.165) is 24.2 Å². The molecule has 1 saturated heterocycles. The van der Waals surface area contributed by atoms with Gasteiger partial charge in [0.25, 0.3) is 5.69 Å². The maximum absolute atomic E-state index is 11.8. The minimum Gasteiger partial charge on any atom is -0.356 e. The Morgan fingerprint density at radius 3 is 2.48 bits per heavy atom. The predicted octanol–water partition coefficient (Wildman–Crippen LogP) is 1.55. The number of hydrogen-bond donors (Lipinski definition) is 0. The van der Waals surface area contributed by atoms with Gasteiger partial charge in [0.1, 0.15) is 12.0 Å². The average Bonchev–Trinajstić information content (AvgIpc) is 2.47. The SMILES string of the molecule is CCN(C1CCN(c2ncc([N+](=O)[O-])cc2C)CC1)S(C)(=O)=O. The molecule has 23 heavy (non-hydrogen) atoms. The number of hydrogen-bond acceptors (Lipinski definition) is 6. The summed E-state index contributed by atoms with van der Waals surface area (Å²) < 4.78 is 25.2. The molecule has 1 aliphatic heterocycles. The molecule has 0 radical (unpaired) electrons. The third-order valence-corrected chi connectivity index (χ3v) is 5.56. The first-order valence-electron chi connectivity index (χ1n) is 7.56. The van der Waals surface area contributed by atoms with Crippen molar-refractivity contribution in [2.24, 2.45) is 0 Å². The number of piperidine rings is 1. The highest BCUT2D eigenvalue weighted by atomic mass is 32.2. The van der Waals surface area contributed by atoms with Crippen LogP contribution in [0.5, 0.6) is 0 Å². The quantitative estimate of drug-likeness (QED) is 0.595. The molecule has 1 aromatic heterocycles. The van der Waals surface area contributed by atoms with E-state index in [0.29, 0.717) is 19.6 Å². The van der Waals surface area contributed by atoms with Gasteiger partial charge in [-0.05, 0) is 25.3 Å². The maximum atomic E-state index is 11.8. The fourth-order valence-corrected chi connectivity index (χ4v) is 4.33. The van der Waals surface area contributed by atoms with E-state index in [1.807, 2.05) is 6.92 Å². The molecule has 0 bridgehead atoms. The molecule has 2 rings (SSSR count). The Hall–Kier alpha value is -1.74. The fourth-order valence-electron chi connectivity index (χ4n) is 3.11. The Labute approximate surface area is 136 Å². The van der Waals surface area contributed by atoms with Crippen LogP contribution < -0.4 is 4.90 Å². The Bertz CT molecular complexity index is 684. The summed E-state index contributed by atoms with van der Waals surface area (Å²) in [5.74, 6) is 0.733. The van der Waals surface area contributed by atoms with Gasteiger partial charge in [-0.15, -0.1) is 0 Å². The molecule has 0 unspecified atom stereocenters. The lowest BCUT2D eigenvalue weighted by Crippen LogP contribution is -2.47. The van der Waals surface area contributed by atoms with Crippen LogP contribution in [0.15, 0.2) is 12.3 Å². The summed E-state index contributed by atoms with van der Waals surface area (Å²) in [5.41, 5.74) is 0.739. The summed E-state index contributed by atoms with van der Waals surface area (Å²) in [6.07, 6.45) is 3.95. The van der Waals surface area contributed by atoms with Crippen molar-refractivity contribution in [2.75, 3.05) is 30.8 Å². The lowest BCUT2D eigenvalue weighted by molar-refractivity contribution is -0.385. The van der Waals surface area contributed by atoms with Crippen molar-refractivity contribution < 1.29 is 13.3 Å². The van der Waals surface area contributed by atoms with E-state index < -0.39 is 14.9 Å². The molecular formula is C14H22N4O4S. The molecule has 0 aliphatic carbocycles. The second-order valence-electron chi connectivity index (χ2n) is 5.78. The lowest BCUT2D eigenvalue weighted by atomic mass is 10.0. The Morgan fingerprint density at radius 2 is 2.04 bits per heavy atom. The molecule has 1 fully saturated rings. The average molecular weight is 342 g/mol. The molecule has 0 amide bonds. The zero-order valence-electron chi connectivity index (χ0n) is 13.6. The normalized spacial score (nSPS) is 16.8. The van der Waals surface area contributed by atoms with E-state index in [1.165, 1.54) is 18.5 Å². The number of anilines is 1. The highest BCUT2D eigenvalue weighted by Gasteiger charge is 2.30. The Morgan fingerprint density at radius 1 is 1.43 bits per heavy atom. The summed E-state index contributed by atoms with van der Waals surface area (Å²) in [4.78, 5) is 16.6. The van der Waals surface area contributed by atoms with Gasteiger partial charge in [0.05, 0.1) is 11.2 Å². The van der Waals surface area contributed by atoms with Crippen LogP contribution in [0.3, 0.4) is 0 Å². The summed E-state index contributed by atoms with van der Waals surface area (Å²) in [6.45, 7) is 5.48. The lowest BCUT2D eigenvalue weighted by Gasteiger charge is -2.37. The van der Waals surface area contributed by atoms with E-state index in [9.17, 15) is 18.5 Å². The van der Waals surface area contributed by atoms with Gasteiger partial charge in [-0.2, -0.15) is 4.31 Å². The van der Waals surface area contributed by atoms with Gasteiger partial charge in [-0.25, -0.2) is 13.4 Å². The van der Waals surface area contributed by atoms with E-state index >= 15 is 0 Å². The van der Waals surface area contributed by atoms with Crippen LogP contribution in [0.25, 0.3) is 0 Å². The molecule has 128 valence electrons. The van der Waals surface area contributed by atoms with Crippen LogP contribution in [0.2, 0.25) is 0 Å². The molecule has 2 heterocycles. The van der Waals surface area contributed by atoms with Gasteiger partial charge >= 0.3 is 0 Å². The maximum Gasteiger partial charge on any atom is 0.287 e. The fraction of sp³-hybridized carbons (Fsp3) is 0.643. The Kier molecular flexibility index (Phi) is 5.20. The molecule has 1 aromatic rings. The van der Waals surface area contributed by atoms with Crippen molar-refractivity contribution in [1.29, 1.82) is 0 Å². The molecule has 1 aliphatic rings. The smallest absolute Gasteiger partial charge is 0.287 e. The van der Waals surface area contributed by atoms with Gasteiger partial charge in [0.15, 0.2) is 0 Å². The van der Waals surface area contributed by atoms with Gasteiger partial charge in [-0.3, -0.25) is 10.1 Å². The number of nitro groups is 1. The standard InChI is InChI=1S/C14H22N4O4S/c1-4-17(23(3,21)22)12-5-7-16(8-6-12)14-11(2)9-13(10-15-14)18(19)20/h9-10,12H,4-8H2,1-3H3. The van der Waals surface area contributed by atoms with Crippen LogP contribution in [-0.2, 0) is 10.0 Å². The van der Waals surface area contributed by atoms with Crippen molar-refractivity contribution >= 4 is 21.5 Å². The van der Waals surface area contributed by atoms with Crippen molar-refractivity contribution in [3.05, 3.63) is 27.9 Å². The van der Waals surface area contributed by atoms with Crippen molar-refractivity contribution in [1.82, 2.24) is 9.29 Å². The van der Waals surface area contributed by atoms with Crippen molar-refractivity contribution in [3.8, 4) is 0 Å². The second-order valence-corrected chi connectivity index (χ2v) is 7.71. The third kappa shape index (κ3) is 3.97. The molecule has 0 aromatic carbocycles. The molecular weight excluding hydrogens is 320 g/mol. The molecule has 0 spiro atoms. The summed E-state index contributed by atoms with van der Waals surface area (Å²) >= 11 is 0. The number of aryl methyl sites for hydroxylation is 1. The van der Waals surface area contributed by atoms with Gasteiger partial charge in [0, 0.05) is 31.7 Å². The third-order valence-electron chi connectivity index (χ3n) is 4.16. The zero-order valence-corrected chi connectivity index (χ0v) is 14.4. The first-order valence-corrected chi connectivity index (χ1v) is 9.41. The van der Waals surface area contributed by atoms with Crippen LogP contribution in [0.4, 0.5) is 11.5 Å². The first kappa shape index (κ1) is 17.6. The van der Waals surface area contributed by atoms with E-state index in [4.69, 9.17) is 0 Å².